The van der Waals surface area contributed by atoms with Gasteiger partial charge >= 0.3 is 0 Å². The number of hydrogen-bond acceptors (Lipinski definition) is 3. The van der Waals surface area contributed by atoms with E-state index in [2.05, 4.69) is 29.3 Å². The zero-order chi connectivity index (χ0) is 14.4. The van der Waals surface area contributed by atoms with Crippen LogP contribution >= 0.6 is 11.3 Å². The van der Waals surface area contributed by atoms with E-state index >= 15 is 0 Å². The average molecular weight is 304 g/mol. The molecular weight excluding hydrogens is 280 g/mol. The molecule has 4 rings (SSSR count). The van der Waals surface area contributed by atoms with Gasteiger partial charge in [-0.05, 0) is 50.7 Å². The molecule has 1 spiro atoms. The quantitative estimate of drug-likeness (QED) is 0.925. The maximum absolute atomic E-state index is 12.8. The van der Waals surface area contributed by atoms with Crippen LogP contribution < -0.4 is 5.32 Å². The van der Waals surface area contributed by atoms with Crippen LogP contribution in [0.3, 0.4) is 0 Å². The largest absolute Gasteiger partial charge is 0.320 e. The van der Waals surface area contributed by atoms with Gasteiger partial charge in [0.2, 0.25) is 5.91 Å². The molecule has 114 valence electrons. The van der Waals surface area contributed by atoms with Gasteiger partial charge in [-0.25, -0.2) is 0 Å². The Bertz CT molecular complexity index is 543. The van der Waals surface area contributed by atoms with Crippen molar-refractivity contribution in [1.82, 2.24) is 10.2 Å². The first kappa shape index (κ1) is 13.8. The maximum atomic E-state index is 12.8. The summed E-state index contributed by atoms with van der Waals surface area (Å²) >= 11 is 1.82. The van der Waals surface area contributed by atoms with E-state index in [-0.39, 0.29) is 11.7 Å². The molecule has 0 bridgehead atoms. The van der Waals surface area contributed by atoms with Gasteiger partial charge in [-0.3, -0.25) is 10.1 Å². The Labute approximate surface area is 130 Å². The molecule has 2 heterocycles. The number of carbonyl (C=O) groups excluding carboxylic acids is 1. The summed E-state index contributed by atoms with van der Waals surface area (Å²) in [6, 6.07) is 4.36. The Morgan fingerprint density at radius 2 is 2.05 bits per heavy atom. The third-order valence-electron chi connectivity index (χ3n) is 5.36. The van der Waals surface area contributed by atoms with E-state index in [0.29, 0.717) is 11.8 Å². The van der Waals surface area contributed by atoms with Gasteiger partial charge in [0, 0.05) is 16.3 Å². The van der Waals surface area contributed by atoms with Crippen LogP contribution in [-0.2, 0) is 4.79 Å². The minimum absolute atomic E-state index is 0.126. The molecule has 1 aromatic heterocycles. The van der Waals surface area contributed by atoms with Crippen LogP contribution in [0, 0.1) is 12.8 Å². The van der Waals surface area contributed by atoms with Crippen LogP contribution in [0.5, 0.6) is 0 Å². The summed E-state index contributed by atoms with van der Waals surface area (Å²) < 4.78 is 0. The number of nitrogens with zero attached hydrogens (tertiary/aromatic N) is 1. The highest BCUT2D eigenvalue weighted by Crippen LogP contribution is 2.47. The molecule has 0 aromatic carbocycles. The average Bonchev–Trinajstić information content (AvgIpc) is 3.09. The van der Waals surface area contributed by atoms with E-state index in [4.69, 9.17) is 0 Å². The molecule has 3 aliphatic rings. The predicted octanol–water partition coefficient (Wildman–Crippen LogP) is 3.60. The van der Waals surface area contributed by atoms with Crippen LogP contribution in [0.1, 0.15) is 60.9 Å². The zero-order valence-corrected chi connectivity index (χ0v) is 13.5. The van der Waals surface area contributed by atoms with Crippen molar-refractivity contribution >= 4 is 17.2 Å². The number of amides is 1. The van der Waals surface area contributed by atoms with Gasteiger partial charge < -0.3 is 4.90 Å². The van der Waals surface area contributed by atoms with Crippen molar-refractivity contribution in [1.29, 1.82) is 0 Å². The number of thiophene rings is 1. The lowest BCUT2D eigenvalue weighted by Gasteiger charge is -2.30. The molecule has 1 N–H and O–H groups in total. The second-order valence-electron chi connectivity index (χ2n) is 7.04. The molecule has 1 aliphatic heterocycles. The standard InChI is InChI=1S/C17H24N2OS/c1-12-7-8-14(21-12)15-18-17(9-10-17)16(20)19(15)11-13-5-3-2-4-6-13/h7-8,13,15,18H,2-6,9-11H2,1H3. The zero-order valence-electron chi connectivity index (χ0n) is 12.7. The fourth-order valence-electron chi connectivity index (χ4n) is 3.94. The van der Waals surface area contributed by atoms with Gasteiger partial charge in [0.05, 0.1) is 0 Å². The minimum Gasteiger partial charge on any atom is -0.320 e. The molecule has 1 aromatic rings. The smallest absolute Gasteiger partial charge is 0.244 e. The lowest BCUT2D eigenvalue weighted by atomic mass is 9.89. The van der Waals surface area contributed by atoms with Crippen molar-refractivity contribution in [3.63, 3.8) is 0 Å². The van der Waals surface area contributed by atoms with Crippen molar-refractivity contribution in [2.45, 2.75) is 63.6 Å². The number of nitrogens with one attached hydrogen (secondary N) is 1. The molecule has 3 fully saturated rings. The second kappa shape index (κ2) is 5.10. The van der Waals surface area contributed by atoms with E-state index in [1.807, 2.05) is 11.3 Å². The molecule has 3 nitrogen and oxygen atoms in total. The van der Waals surface area contributed by atoms with Crippen LogP contribution in [-0.4, -0.2) is 22.9 Å². The van der Waals surface area contributed by atoms with Gasteiger partial charge in [0.15, 0.2) is 0 Å². The van der Waals surface area contributed by atoms with Crippen LogP contribution in [0.2, 0.25) is 0 Å². The van der Waals surface area contributed by atoms with Crippen molar-refractivity contribution < 1.29 is 4.79 Å². The Morgan fingerprint density at radius 3 is 2.67 bits per heavy atom. The van der Waals surface area contributed by atoms with Crippen molar-refractivity contribution in [3.8, 4) is 0 Å². The van der Waals surface area contributed by atoms with E-state index in [1.165, 1.54) is 41.9 Å². The molecule has 4 heteroatoms. The fraction of sp³-hybridized carbons (Fsp3) is 0.706. The first-order valence-electron chi connectivity index (χ1n) is 8.33. The predicted molar refractivity (Wildman–Crippen MR) is 85.2 cm³/mol. The van der Waals surface area contributed by atoms with E-state index < -0.39 is 0 Å². The third kappa shape index (κ3) is 2.42. The first-order valence-corrected chi connectivity index (χ1v) is 9.15. The molecule has 0 radical (unpaired) electrons. The lowest BCUT2D eigenvalue weighted by molar-refractivity contribution is -0.131. The summed E-state index contributed by atoms with van der Waals surface area (Å²) in [6.45, 7) is 3.10. The molecule has 1 amide bonds. The Hall–Kier alpha value is -0.870. The molecule has 1 unspecified atom stereocenters. The van der Waals surface area contributed by atoms with Gasteiger partial charge in [-0.2, -0.15) is 0 Å². The number of carbonyl (C=O) groups is 1. The van der Waals surface area contributed by atoms with Crippen molar-refractivity contribution in [2.75, 3.05) is 6.54 Å². The van der Waals surface area contributed by atoms with E-state index in [0.717, 1.165) is 19.4 Å². The Kier molecular flexibility index (Phi) is 3.34. The second-order valence-corrected chi connectivity index (χ2v) is 8.36. The number of aryl methyl sites for hydroxylation is 1. The molecule has 2 aliphatic carbocycles. The summed E-state index contributed by atoms with van der Waals surface area (Å²) in [5.74, 6) is 1.08. The summed E-state index contributed by atoms with van der Waals surface area (Å²) in [5, 5.41) is 3.65. The molecule has 1 atom stereocenters. The van der Waals surface area contributed by atoms with E-state index in [1.54, 1.807) is 0 Å². The lowest BCUT2D eigenvalue weighted by Crippen LogP contribution is -2.36. The summed E-state index contributed by atoms with van der Waals surface area (Å²) in [6.07, 6.45) is 8.82. The molecular formula is C17H24N2OS. The Balaban J connectivity index is 1.56. The fourth-order valence-corrected chi connectivity index (χ4v) is 4.88. The first-order chi connectivity index (χ1) is 10.2. The summed E-state index contributed by atoms with van der Waals surface area (Å²) in [4.78, 5) is 17.6. The van der Waals surface area contributed by atoms with Crippen LogP contribution in [0.25, 0.3) is 0 Å². The number of rotatable bonds is 3. The van der Waals surface area contributed by atoms with E-state index in [9.17, 15) is 4.79 Å². The Morgan fingerprint density at radius 1 is 1.29 bits per heavy atom. The van der Waals surface area contributed by atoms with Gasteiger partial charge in [0.1, 0.15) is 11.7 Å². The highest BCUT2D eigenvalue weighted by atomic mass is 32.1. The normalized spacial score (nSPS) is 28.5. The van der Waals surface area contributed by atoms with Gasteiger partial charge in [-0.15, -0.1) is 11.3 Å². The van der Waals surface area contributed by atoms with Crippen LogP contribution in [0.4, 0.5) is 0 Å². The molecule has 1 saturated heterocycles. The van der Waals surface area contributed by atoms with Gasteiger partial charge in [0.25, 0.3) is 0 Å². The maximum Gasteiger partial charge on any atom is 0.244 e. The third-order valence-corrected chi connectivity index (χ3v) is 6.41. The minimum atomic E-state index is -0.197. The van der Waals surface area contributed by atoms with Gasteiger partial charge in [-0.1, -0.05) is 19.3 Å². The number of hydrogen-bond donors (Lipinski definition) is 1. The highest BCUT2D eigenvalue weighted by Gasteiger charge is 2.59. The molecule has 2 saturated carbocycles. The van der Waals surface area contributed by atoms with Crippen LogP contribution in [0.15, 0.2) is 12.1 Å². The summed E-state index contributed by atoms with van der Waals surface area (Å²) in [7, 11) is 0. The van der Waals surface area contributed by atoms with Crippen molar-refractivity contribution in [2.24, 2.45) is 5.92 Å². The highest BCUT2D eigenvalue weighted by molar-refractivity contribution is 7.12. The monoisotopic (exact) mass is 304 g/mol. The van der Waals surface area contributed by atoms with Crippen molar-refractivity contribution in [3.05, 3.63) is 21.9 Å². The topological polar surface area (TPSA) is 32.3 Å². The SMILES string of the molecule is Cc1ccc(C2NC3(CC3)C(=O)N2CC2CCCCC2)s1. The summed E-state index contributed by atoms with van der Waals surface area (Å²) in [5.41, 5.74) is -0.197. The molecule has 21 heavy (non-hydrogen) atoms.